The molecule has 2 aliphatic rings. The largest absolute Gasteiger partial charge is 0.458 e. The molecule has 0 saturated carbocycles. The van der Waals surface area contributed by atoms with Crippen LogP contribution in [-0.2, 0) is 44.6 Å². The Bertz CT molecular complexity index is 1790. The number of rotatable bonds is 7. The van der Waals surface area contributed by atoms with Crippen molar-refractivity contribution in [2.75, 3.05) is 6.61 Å². The molecule has 2 atom stereocenters. The summed E-state index contributed by atoms with van der Waals surface area (Å²) < 4.78 is 24.5. The first-order valence-corrected chi connectivity index (χ1v) is 15.6. The number of hydrogen-bond acceptors (Lipinski definition) is 9. The van der Waals surface area contributed by atoms with Crippen LogP contribution in [0, 0.1) is 0 Å². The fraction of sp³-hybridized carbons (Fsp3) is 0.250. The van der Waals surface area contributed by atoms with Crippen LogP contribution in [0.5, 0.6) is 11.5 Å². The average molecular weight is 599 g/mol. The average Bonchev–Trinajstić information content (AvgIpc) is 3.29. The number of hydrogen-bond donors (Lipinski definition) is 1. The minimum atomic E-state index is -3.20. The molecule has 6 rings (SSSR count). The first-order chi connectivity index (χ1) is 19.1. The van der Waals surface area contributed by atoms with Gasteiger partial charge in [-0.3, -0.25) is 9.32 Å². The number of carbonyl (C=O) groups is 1. The highest BCUT2D eigenvalue weighted by atomic mass is 35.5. The maximum Gasteiger partial charge on any atom is 0.434 e. The number of fused-ring (bicyclic) bond motifs is 5. The van der Waals surface area contributed by atoms with E-state index in [1.807, 2.05) is 13.0 Å². The van der Waals surface area contributed by atoms with Crippen LogP contribution in [0.1, 0.15) is 37.0 Å². The van der Waals surface area contributed by atoms with Crippen LogP contribution in [0.15, 0.2) is 59.4 Å². The molecule has 2 aliphatic heterocycles. The highest BCUT2D eigenvalue weighted by Gasteiger charge is 2.45. The van der Waals surface area contributed by atoms with Crippen molar-refractivity contribution in [3.8, 4) is 22.9 Å². The first-order valence-electron chi connectivity index (χ1n) is 12.6. The van der Waals surface area contributed by atoms with Crippen molar-refractivity contribution in [2.24, 2.45) is 0 Å². The normalized spacial score (nSPS) is 18.9. The highest BCUT2D eigenvalue weighted by molar-refractivity contribution is 8.07. The summed E-state index contributed by atoms with van der Waals surface area (Å²) in [6, 6.07) is 15.7. The highest BCUT2D eigenvalue weighted by Crippen LogP contribution is 2.50. The number of nitrogens with zero attached hydrogens (tertiary/aromatic N) is 2. The molecule has 206 valence electrons. The summed E-state index contributed by atoms with van der Waals surface area (Å²) in [6.07, 6.45) is 0.0823. The van der Waals surface area contributed by atoms with Gasteiger partial charge in [-0.15, -0.1) is 0 Å². The van der Waals surface area contributed by atoms with Crippen molar-refractivity contribution in [2.45, 2.75) is 39.0 Å². The van der Waals surface area contributed by atoms with E-state index in [0.29, 0.717) is 46.6 Å². The van der Waals surface area contributed by atoms with Crippen molar-refractivity contribution in [3.63, 3.8) is 0 Å². The molecule has 0 amide bonds. The molecule has 9 nitrogen and oxygen atoms in total. The lowest BCUT2D eigenvalue weighted by atomic mass is 9.86. The van der Waals surface area contributed by atoms with Crippen molar-refractivity contribution < 1.29 is 28.2 Å². The van der Waals surface area contributed by atoms with E-state index in [0.717, 1.165) is 10.9 Å². The van der Waals surface area contributed by atoms with Gasteiger partial charge in [-0.25, -0.2) is 9.78 Å². The molecular weight excluding hydrogens is 575 g/mol. The van der Waals surface area contributed by atoms with Crippen LogP contribution in [-0.4, -0.2) is 27.2 Å². The SMILES string of the molecule is CCOP(=S)(Oc1ccc(Cl)cc1)Oc1ccc2nc3c(cc2c1)Cn1c-3cc2c(c1=O)COC(=O)[C@]2(O)CC. The molecule has 0 bridgehead atoms. The van der Waals surface area contributed by atoms with Crippen LogP contribution in [0.4, 0.5) is 0 Å². The Morgan fingerprint density at radius 3 is 2.55 bits per heavy atom. The quantitative estimate of drug-likeness (QED) is 0.193. The van der Waals surface area contributed by atoms with Gasteiger partial charge in [0.1, 0.15) is 18.1 Å². The van der Waals surface area contributed by atoms with Gasteiger partial charge in [-0.05, 0) is 67.9 Å². The lowest BCUT2D eigenvalue weighted by Crippen LogP contribution is -2.44. The van der Waals surface area contributed by atoms with Gasteiger partial charge in [-0.1, -0.05) is 18.5 Å². The summed E-state index contributed by atoms with van der Waals surface area (Å²) in [5, 5.41) is 12.4. The monoisotopic (exact) mass is 598 g/mol. The Hall–Kier alpha value is -3.27. The van der Waals surface area contributed by atoms with E-state index in [4.69, 9.17) is 46.7 Å². The van der Waals surface area contributed by atoms with Gasteiger partial charge < -0.3 is 23.5 Å². The fourth-order valence-corrected chi connectivity index (χ4v) is 7.17. The number of esters is 1. The number of aliphatic hydroxyl groups is 1. The van der Waals surface area contributed by atoms with E-state index >= 15 is 0 Å². The summed E-state index contributed by atoms with van der Waals surface area (Å²) in [5.41, 5.74) is 1.02. The maximum atomic E-state index is 13.4. The van der Waals surface area contributed by atoms with Gasteiger partial charge in [0, 0.05) is 33.3 Å². The third-order valence-corrected chi connectivity index (χ3v) is 9.47. The number of aromatic nitrogens is 2. The second-order valence-electron chi connectivity index (χ2n) is 9.46. The molecule has 0 aliphatic carbocycles. The summed E-state index contributed by atoms with van der Waals surface area (Å²) >= 11 is 11.6. The summed E-state index contributed by atoms with van der Waals surface area (Å²) in [4.78, 5) is 30.6. The molecule has 2 aromatic carbocycles. The van der Waals surface area contributed by atoms with E-state index in [-0.39, 0.29) is 29.7 Å². The molecule has 4 aromatic rings. The first kappa shape index (κ1) is 26.9. The smallest absolute Gasteiger partial charge is 0.434 e. The third kappa shape index (κ3) is 4.50. The van der Waals surface area contributed by atoms with Gasteiger partial charge in [0.25, 0.3) is 5.56 Å². The van der Waals surface area contributed by atoms with Gasteiger partial charge >= 0.3 is 12.7 Å². The number of halogens is 1. The van der Waals surface area contributed by atoms with Crippen molar-refractivity contribution >= 4 is 47.0 Å². The molecular formula is C28H24ClN2O7PS. The van der Waals surface area contributed by atoms with Crippen LogP contribution < -0.4 is 14.6 Å². The van der Waals surface area contributed by atoms with Gasteiger partial charge in [-0.2, -0.15) is 0 Å². The molecule has 0 spiro atoms. The zero-order valence-corrected chi connectivity index (χ0v) is 24.0. The standard InChI is InChI=1S/C28H24ClN2O7PS/c1-3-28(34)22-13-24-25-17(14-31(24)26(32)21(22)15-35-27(28)33)11-16-12-20(9-10-23(16)30-25)38-39(40,36-4-2)37-19-7-5-18(29)6-8-19/h5-13,34H,3-4,14-15H2,1-2H3/t28-,39?/m0/s1. The van der Waals surface area contributed by atoms with Crippen molar-refractivity contribution in [1.29, 1.82) is 0 Å². The van der Waals surface area contributed by atoms with Crippen molar-refractivity contribution in [1.82, 2.24) is 9.55 Å². The minimum Gasteiger partial charge on any atom is -0.458 e. The Balaban J connectivity index is 1.36. The molecule has 0 saturated heterocycles. The number of cyclic esters (lactones) is 1. The zero-order chi connectivity index (χ0) is 28.2. The van der Waals surface area contributed by atoms with E-state index in [1.165, 1.54) is 0 Å². The molecule has 1 unspecified atom stereocenters. The molecule has 0 fully saturated rings. The molecule has 2 aromatic heterocycles. The predicted molar refractivity (Wildman–Crippen MR) is 153 cm³/mol. The Morgan fingerprint density at radius 2 is 1.82 bits per heavy atom. The number of carbonyl (C=O) groups excluding carboxylic acids is 1. The van der Waals surface area contributed by atoms with Crippen molar-refractivity contribution in [3.05, 3.63) is 86.7 Å². The zero-order valence-electron chi connectivity index (χ0n) is 21.5. The van der Waals surface area contributed by atoms with Gasteiger partial charge in [0.05, 0.1) is 35.6 Å². The van der Waals surface area contributed by atoms with Crippen LogP contribution in [0.3, 0.4) is 0 Å². The van der Waals surface area contributed by atoms with Crippen LogP contribution >= 0.6 is 18.3 Å². The van der Waals surface area contributed by atoms with Crippen LogP contribution in [0.25, 0.3) is 22.3 Å². The summed E-state index contributed by atoms with van der Waals surface area (Å²) in [7, 11) is 0. The fourth-order valence-electron chi connectivity index (χ4n) is 5.00. The predicted octanol–water partition coefficient (Wildman–Crippen LogP) is 5.45. The number of benzene rings is 2. The molecule has 0 radical (unpaired) electrons. The summed E-state index contributed by atoms with van der Waals surface area (Å²) in [6.45, 7) is 0.701. The Kier molecular flexibility index (Phi) is 6.71. The van der Waals surface area contributed by atoms with Crippen LogP contribution in [0.2, 0.25) is 5.02 Å². The number of pyridine rings is 2. The van der Waals surface area contributed by atoms with E-state index in [9.17, 15) is 14.7 Å². The number of ether oxygens (including phenoxy) is 1. The molecule has 40 heavy (non-hydrogen) atoms. The van der Waals surface area contributed by atoms with Gasteiger partial charge in [0.15, 0.2) is 5.60 Å². The summed E-state index contributed by atoms with van der Waals surface area (Å²) in [5.74, 6) is 0.179. The lowest BCUT2D eigenvalue weighted by Gasteiger charge is -2.31. The topological polar surface area (TPSA) is 109 Å². The maximum absolute atomic E-state index is 13.4. The van der Waals surface area contributed by atoms with Gasteiger partial charge in [0.2, 0.25) is 0 Å². The van der Waals surface area contributed by atoms with E-state index in [2.05, 4.69) is 0 Å². The van der Waals surface area contributed by atoms with E-state index < -0.39 is 18.3 Å². The molecule has 4 heterocycles. The second-order valence-corrected chi connectivity index (χ2v) is 12.8. The Morgan fingerprint density at radius 1 is 1.10 bits per heavy atom. The molecule has 12 heteroatoms. The molecule has 1 N–H and O–H groups in total. The van der Waals surface area contributed by atoms with E-state index in [1.54, 1.807) is 60.0 Å². The minimum absolute atomic E-state index is 0.0823. The third-order valence-electron chi connectivity index (χ3n) is 7.01. The Labute approximate surface area is 239 Å². The second kappa shape index (κ2) is 9.98. The lowest BCUT2D eigenvalue weighted by molar-refractivity contribution is -0.172.